The Morgan fingerprint density at radius 3 is 2.33 bits per heavy atom. The van der Waals surface area contributed by atoms with E-state index in [-0.39, 0.29) is 12.4 Å². The summed E-state index contributed by atoms with van der Waals surface area (Å²) in [7, 11) is 1.82. The molecule has 1 aliphatic carbocycles. The maximum absolute atomic E-state index is 5.27. The molecule has 3 heteroatoms. The number of rotatable bonds is 3. The van der Waals surface area contributed by atoms with Gasteiger partial charge in [0.15, 0.2) is 0 Å². The van der Waals surface area contributed by atoms with Crippen LogP contribution in [-0.2, 0) is 4.74 Å². The molecular weight excluding hydrogens is 174 g/mol. The van der Waals surface area contributed by atoms with Crippen LogP contribution in [0.5, 0.6) is 0 Å². The van der Waals surface area contributed by atoms with Gasteiger partial charge in [-0.1, -0.05) is 6.42 Å². The van der Waals surface area contributed by atoms with Crippen LogP contribution < -0.4 is 5.32 Å². The lowest BCUT2D eigenvalue weighted by atomic mass is 9.62. The van der Waals surface area contributed by atoms with Gasteiger partial charge in [-0.15, -0.1) is 12.4 Å². The number of hydrogen-bond donors (Lipinski definition) is 1. The molecule has 2 nitrogen and oxygen atoms in total. The molecule has 0 atom stereocenters. The second kappa shape index (κ2) is 3.95. The van der Waals surface area contributed by atoms with Crippen molar-refractivity contribution in [2.24, 2.45) is 11.3 Å². The van der Waals surface area contributed by atoms with Gasteiger partial charge in [-0.05, 0) is 18.8 Å². The van der Waals surface area contributed by atoms with Crippen molar-refractivity contribution in [1.29, 1.82) is 0 Å². The van der Waals surface area contributed by atoms with Gasteiger partial charge in [-0.25, -0.2) is 0 Å². The van der Waals surface area contributed by atoms with E-state index in [1.807, 2.05) is 7.11 Å². The van der Waals surface area contributed by atoms with E-state index in [2.05, 4.69) is 5.32 Å². The van der Waals surface area contributed by atoms with Gasteiger partial charge in [-0.2, -0.15) is 0 Å². The van der Waals surface area contributed by atoms with E-state index in [4.69, 9.17) is 4.74 Å². The fraction of sp³-hybridized carbons (Fsp3) is 1.00. The van der Waals surface area contributed by atoms with Crippen LogP contribution in [0.3, 0.4) is 0 Å². The van der Waals surface area contributed by atoms with E-state index in [1.54, 1.807) is 0 Å². The van der Waals surface area contributed by atoms with Crippen molar-refractivity contribution in [1.82, 2.24) is 5.32 Å². The number of hydrogen-bond acceptors (Lipinski definition) is 2. The zero-order valence-corrected chi connectivity index (χ0v) is 8.45. The minimum atomic E-state index is 0. The molecule has 0 aromatic rings. The SMILES string of the molecule is COCC1(C2CCC2)CNC1.Cl. The van der Waals surface area contributed by atoms with Crippen LogP contribution in [-0.4, -0.2) is 26.8 Å². The molecule has 12 heavy (non-hydrogen) atoms. The first kappa shape index (κ1) is 10.3. The number of halogens is 1. The summed E-state index contributed by atoms with van der Waals surface area (Å²) < 4.78 is 5.27. The summed E-state index contributed by atoms with van der Waals surface area (Å²) in [5.41, 5.74) is 0.535. The van der Waals surface area contributed by atoms with Crippen molar-refractivity contribution in [2.75, 3.05) is 26.8 Å². The molecule has 2 rings (SSSR count). The van der Waals surface area contributed by atoms with Gasteiger partial charge in [0, 0.05) is 25.6 Å². The van der Waals surface area contributed by atoms with Crippen molar-refractivity contribution in [3.8, 4) is 0 Å². The second-order valence-electron chi connectivity index (χ2n) is 4.03. The molecule has 2 aliphatic rings. The van der Waals surface area contributed by atoms with Crippen LogP contribution in [0.2, 0.25) is 0 Å². The quantitative estimate of drug-likeness (QED) is 0.729. The van der Waals surface area contributed by atoms with Crippen LogP contribution >= 0.6 is 12.4 Å². The highest BCUT2D eigenvalue weighted by molar-refractivity contribution is 5.85. The van der Waals surface area contributed by atoms with Crippen LogP contribution in [0.4, 0.5) is 0 Å². The van der Waals surface area contributed by atoms with Gasteiger partial charge in [-0.3, -0.25) is 0 Å². The zero-order valence-electron chi connectivity index (χ0n) is 7.64. The van der Waals surface area contributed by atoms with E-state index in [1.165, 1.54) is 32.4 Å². The first-order valence-electron chi connectivity index (χ1n) is 4.57. The average Bonchev–Trinajstić information content (AvgIpc) is 1.79. The van der Waals surface area contributed by atoms with Gasteiger partial charge >= 0.3 is 0 Å². The third-order valence-corrected chi connectivity index (χ3v) is 3.36. The lowest BCUT2D eigenvalue weighted by Crippen LogP contribution is -2.61. The Hall–Kier alpha value is 0.210. The van der Waals surface area contributed by atoms with Crippen molar-refractivity contribution in [2.45, 2.75) is 19.3 Å². The third-order valence-electron chi connectivity index (χ3n) is 3.36. The Morgan fingerprint density at radius 2 is 2.08 bits per heavy atom. The molecule has 1 saturated carbocycles. The Bertz CT molecular complexity index is 143. The maximum atomic E-state index is 5.27. The summed E-state index contributed by atoms with van der Waals surface area (Å²) in [4.78, 5) is 0. The summed E-state index contributed by atoms with van der Waals surface area (Å²) in [6.07, 6.45) is 4.31. The molecule has 1 N–H and O–H groups in total. The van der Waals surface area contributed by atoms with E-state index in [0.717, 1.165) is 12.5 Å². The van der Waals surface area contributed by atoms with Crippen molar-refractivity contribution < 1.29 is 4.74 Å². The summed E-state index contributed by atoms with van der Waals surface area (Å²) in [5, 5.41) is 3.36. The molecule has 0 aromatic heterocycles. The first-order valence-corrected chi connectivity index (χ1v) is 4.57. The minimum absolute atomic E-state index is 0. The van der Waals surface area contributed by atoms with E-state index < -0.39 is 0 Å². The summed E-state index contributed by atoms with van der Waals surface area (Å²) in [5.74, 6) is 0.962. The molecule has 0 amide bonds. The molecule has 2 fully saturated rings. The molecule has 1 aliphatic heterocycles. The normalized spacial score (nSPS) is 26.8. The molecule has 0 unspecified atom stereocenters. The van der Waals surface area contributed by atoms with Crippen LogP contribution in [0.25, 0.3) is 0 Å². The molecule has 72 valence electrons. The second-order valence-corrected chi connectivity index (χ2v) is 4.03. The standard InChI is InChI=1S/C9H17NO.ClH/c1-11-7-9(5-10-6-9)8-3-2-4-8;/h8,10H,2-7H2,1H3;1H. The number of methoxy groups -OCH3 is 1. The van der Waals surface area contributed by atoms with E-state index in [9.17, 15) is 0 Å². The highest BCUT2D eigenvalue weighted by Crippen LogP contribution is 2.44. The molecule has 1 heterocycles. The highest BCUT2D eigenvalue weighted by Gasteiger charge is 2.46. The number of ether oxygens (including phenoxy) is 1. The molecule has 0 aromatic carbocycles. The molecule has 0 bridgehead atoms. The summed E-state index contributed by atoms with van der Waals surface area (Å²) >= 11 is 0. The van der Waals surface area contributed by atoms with Crippen LogP contribution in [0.15, 0.2) is 0 Å². The van der Waals surface area contributed by atoms with Gasteiger partial charge in [0.2, 0.25) is 0 Å². The molecule has 0 spiro atoms. The van der Waals surface area contributed by atoms with Gasteiger partial charge < -0.3 is 10.1 Å². The van der Waals surface area contributed by atoms with Crippen molar-refractivity contribution in [3.05, 3.63) is 0 Å². The summed E-state index contributed by atoms with van der Waals surface area (Å²) in [6, 6.07) is 0. The van der Waals surface area contributed by atoms with Crippen LogP contribution in [0.1, 0.15) is 19.3 Å². The first-order chi connectivity index (χ1) is 5.37. The van der Waals surface area contributed by atoms with Crippen molar-refractivity contribution in [3.63, 3.8) is 0 Å². The molecule has 0 radical (unpaired) electrons. The average molecular weight is 192 g/mol. The molecular formula is C9H18ClNO. The Kier molecular flexibility index (Phi) is 3.38. The topological polar surface area (TPSA) is 21.3 Å². The Labute approximate surface area is 80.5 Å². The van der Waals surface area contributed by atoms with Gasteiger partial charge in [0.1, 0.15) is 0 Å². The zero-order chi connectivity index (χ0) is 7.73. The Balaban J connectivity index is 0.000000720. The molecule has 1 saturated heterocycles. The lowest BCUT2D eigenvalue weighted by Gasteiger charge is -2.51. The maximum Gasteiger partial charge on any atom is 0.0545 e. The van der Waals surface area contributed by atoms with E-state index in [0.29, 0.717) is 5.41 Å². The Morgan fingerprint density at radius 1 is 1.42 bits per heavy atom. The largest absolute Gasteiger partial charge is 0.384 e. The van der Waals surface area contributed by atoms with E-state index >= 15 is 0 Å². The fourth-order valence-corrected chi connectivity index (χ4v) is 2.26. The minimum Gasteiger partial charge on any atom is -0.384 e. The lowest BCUT2D eigenvalue weighted by molar-refractivity contribution is -0.0403. The van der Waals surface area contributed by atoms with Crippen LogP contribution in [0, 0.1) is 11.3 Å². The third kappa shape index (κ3) is 1.48. The predicted molar refractivity (Wildman–Crippen MR) is 51.8 cm³/mol. The van der Waals surface area contributed by atoms with Crippen molar-refractivity contribution >= 4 is 12.4 Å². The summed E-state index contributed by atoms with van der Waals surface area (Å²) in [6.45, 7) is 3.34. The van der Waals surface area contributed by atoms with Gasteiger partial charge in [0.25, 0.3) is 0 Å². The predicted octanol–water partition coefficient (Wildman–Crippen LogP) is 1.44. The fourth-order valence-electron chi connectivity index (χ4n) is 2.26. The number of nitrogens with one attached hydrogen (secondary N) is 1. The smallest absolute Gasteiger partial charge is 0.0545 e. The monoisotopic (exact) mass is 191 g/mol. The highest BCUT2D eigenvalue weighted by atomic mass is 35.5. The van der Waals surface area contributed by atoms with Gasteiger partial charge in [0.05, 0.1) is 6.61 Å².